The maximum absolute atomic E-state index is 12.5. The summed E-state index contributed by atoms with van der Waals surface area (Å²) in [5.74, 6) is 0.898. The van der Waals surface area contributed by atoms with Crippen LogP contribution in [0.5, 0.6) is 5.75 Å². The summed E-state index contributed by atoms with van der Waals surface area (Å²) in [7, 11) is 4.11. The van der Waals surface area contributed by atoms with E-state index in [1.165, 1.54) is 6.42 Å². The first-order valence-corrected chi connectivity index (χ1v) is 10.2. The third kappa shape index (κ3) is 6.98. The van der Waals surface area contributed by atoms with Crippen LogP contribution in [-0.2, 0) is 4.79 Å². The lowest BCUT2D eigenvalue weighted by atomic mass is 10.0. The first kappa shape index (κ1) is 21.4. The van der Waals surface area contributed by atoms with Crippen molar-refractivity contribution >= 4 is 11.7 Å². The predicted octanol–water partition coefficient (Wildman–Crippen LogP) is 3.77. The van der Waals surface area contributed by atoms with Gasteiger partial charge in [0, 0.05) is 37.5 Å². The minimum absolute atomic E-state index is 0.0158. The average molecular weight is 375 g/mol. The molecule has 1 aliphatic heterocycles. The van der Waals surface area contributed by atoms with Crippen LogP contribution < -0.4 is 4.74 Å². The second-order valence-corrected chi connectivity index (χ2v) is 7.60. The van der Waals surface area contributed by atoms with Gasteiger partial charge >= 0.3 is 0 Å². The molecule has 1 aliphatic rings. The zero-order chi connectivity index (χ0) is 19.6. The number of carbonyl (C=O) groups is 2. The number of unbranched alkanes of at least 4 members (excludes halogenated alkanes) is 2. The summed E-state index contributed by atoms with van der Waals surface area (Å²) in [6.07, 6.45) is 6.09. The van der Waals surface area contributed by atoms with Gasteiger partial charge < -0.3 is 14.5 Å². The monoisotopic (exact) mass is 374 g/mol. The van der Waals surface area contributed by atoms with E-state index in [9.17, 15) is 9.59 Å². The van der Waals surface area contributed by atoms with Gasteiger partial charge in [-0.1, -0.05) is 19.8 Å². The molecule has 150 valence electrons. The Hall–Kier alpha value is -1.88. The van der Waals surface area contributed by atoms with Crippen LogP contribution in [0.25, 0.3) is 0 Å². The molecule has 0 aliphatic carbocycles. The van der Waals surface area contributed by atoms with E-state index in [2.05, 4.69) is 25.9 Å². The summed E-state index contributed by atoms with van der Waals surface area (Å²) in [6.45, 7) is 4.45. The number of piperidine rings is 1. The van der Waals surface area contributed by atoms with Crippen LogP contribution in [0.15, 0.2) is 24.3 Å². The lowest BCUT2D eigenvalue weighted by molar-refractivity contribution is -0.133. The SMILES string of the molecule is CCCCCOc1ccc(C(=O)CCC(=O)N2CCCC(N(C)C)C2)cc1. The van der Waals surface area contributed by atoms with Gasteiger partial charge in [-0.05, 0) is 57.6 Å². The van der Waals surface area contributed by atoms with E-state index in [-0.39, 0.29) is 24.5 Å². The Balaban J connectivity index is 1.77. The molecule has 1 aromatic rings. The second kappa shape index (κ2) is 11.1. The number of carbonyl (C=O) groups excluding carboxylic acids is 2. The highest BCUT2D eigenvalue weighted by Gasteiger charge is 2.25. The van der Waals surface area contributed by atoms with E-state index in [1.54, 1.807) is 12.1 Å². The van der Waals surface area contributed by atoms with Gasteiger partial charge in [0.05, 0.1) is 6.61 Å². The van der Waals surface area contributed by atoms with Gasteiger partial charge in [-0.2, -0.15) is 0 Å². The predicted molar refractivity (Wildman–Crippen MR) is 108 cm³/mol. The zero-order valence-electron chi connectivity index (χ0n) is 17.1. The number of likely N-dealkylation sites (N-methyl/N-ethyl adjacent to an activating group) is 1. The maximum Gasteiger partial charge on any atom is 0.223 e. The molecule has 0 bridgehead atoms. The van der Waals surface area contributed by atoms with Gasteiger partial charge in [0.25, 0.3) is 0 Å². The Bertz CT molecular complexity index is 598. The first-order valence-electron chi connectivity index (χ1n) is 10.2. The van der Waals surface area contributed by atoms with Crippen molar-refractivity contribution in [1.29, 1.82) is 0 Å². The summed E-state index contributed by atoms with van der Waals surface area (Å²) in [4.78, 5) is 28.9. The number of Topliss-reactive ketones (excluding diaryl/α,β-unsaturated/α-hetero) is 1. The summed E-state index contributed by atoms with van der Waals surface area (Å²) in [6, 6.07) is 7.69. The normalized spacial score (nSPS) is 17.2. The molecule has 1 fully saturated rings. The third-order valence-corrected chi connectivity index (χ3v) is 5.24. The molecule has 1 heterocycles. The fraction of sp³-hybridized carbons (Fsp3) is 0.636. The van der Waals surface area contributed by atoms with Gasteiger partial charge in [0.15, 0.2) is 5.78 Å². The number of ketones is 1. The maximum atomic E-state index is 12.5. The standard InChI is InChI=1S/C22H34N2O3/c1-4-5-6-16-27-20-11-9-18(10-12-20)21(25)13-14-22(26)24-15-7-8-19(17-24)23(2)3/h9-12,19H,4-8,13-17H2,1-3H3. The molecule has 5 heteroatoms. The van der Waals surface area contributed by atoms with Gasteiger partial charge in [0.1, 0.15) is 5.75 Å². The van der Waals surface area contributed by atoms with Gasteiger partial charge in [-0.3, -0.25) is 9.59 Å². The van der Waals surface area contributed by atoms with Crippen molar-refractivity contribution in [2.24, 2.45) is 0 Å². The van der Waals surface area contributed by atoms with E-state index in [1.807, 2.05) is 17.0 Å². The fourth-order valence-corrected chi connectivity index (χ4v) is 3.40. The molecule has 0 radical (unpaired) electrons. The molecule has 1 unspecified atom stereocenters. The number of nitrogens with zero attached hydrogens (tertiary/aromatic N) is 2. The molecule has 0 saturated carbocycles. The van der Waals surface area contributed by atoms with Crippen molar-refractivity contribution in [2.45, 2.75) is 57.9 Å². The molecule has 0 aromatic heterocycles. The topological polar surface area (TPSA) is 49.9 Å². The van der Waals surface area contributed by atoms with Crippen molar-refractivity contribution in [3.63, 3.8) is 0 Å². The van der Waals surface area contributed by atoms with Crippen LogP contribution in [0, 0.1) is 0 Å². The molecule has 1 amide bonds. The summed E-state index contributed by atoms with van der Waals surface area (Å²) in [5, 5.41) is 0. The van der Waals surface area contributed by atoms with E-state index in [0.717, 1.165) is 44.5 Å². The van der Waals surface area contributed by atoms with Crippen molar-refractivity contribution in [3.05, 3.63) is 29.8 Å². The Morgan fingerprint density at radius 1 is 1.15 bits per heavy atom. The van der Waals surface area contributed by atoms with Crippen molar-refractivity contribution in [2.75, 3.05) is 33.8 Å². The molecule has 1 saturated heterocycles. The van der Waals surface area contributed by atoms with Gasteiger partial charge in [-0.25, -0.2) is 0 Å². The number of likely N-dealkylation sites (tertiary alicyclic amines) is 1. The van der Waals surface area contributed by atoms with Gasteiger partial charge in [0.2, 0.25) is 5.91 Å². The summed E-state index contributed by atoms with van der Waals surface area (Å²) in [5.41, 5.74) is 0.647. The van der Waals surface area contributed by atoms with Gasteiger partial charge in [-0.15, -0.1) is 0 Å². The Morgan fingerprint density at radius 2 is 1.89 bits per heavy atom. The minimum Gasteiger partial charge on any atom is -0.494 e. The van der Waals surface area contributed by atoms with Crippen LogP contribution in [0.1, 0.15) is 62.2 Å². The van der Waals surface area contributed by atoms with E-state index >= 15 is 0 Å². The van der Waals surface area contributed by atoms with E-state index in [0.29, 0.717) is 18.2 Å². The largest absolute Gasteiger partial charge is 0.494 e. The van der Waals surface area contributed by atoms with Crippen molar-refractivity contribution in [3.8, 4) is 5.75 Å². The molecular formula is C22H34N2O3. The molecule has 1 atom stereocenters. The average Bonchev–Trinajstić information content (AvgIpc) is 2.69. The molecule has 0 spiro atoms. The van der Waals surface area contributed by atoms with E-state index < -0.39 is 0 Å². The molecule has 1 aromatic carbocycles. The summed E-state index contributed by atoms with van der Waals surface area (Å²) >= 11 is 0. The van der Waals surface area contributed by atoms with E-state index in [4.69, 9.17) is 4.74 Å². The number of ether oxygens (including phenoxy) is 1. The molecule has 5 nitrogen and oxygen atoms in total. The number of rotatable bonds is 10. The highest BCUT2D eigenvalue weighted by molar-refractivity contribution is 5.98. The first-order chi connectivity index (χ1) is 13.0. The zero-order valence-corrected chi connectivity index (χ0v) is 17.1. The lowest BCUT2D eigenvalue weighted by Gasteiger charge is -2.36. The number of hydrogen-bond donors (Lipinski definition) is 0. The molecule has 27 heavy (non-hydrogen) atoms. The molecule has 0 N–H and O–H groups in total. The Kier molecular flexibility index (Phi) is 8.79. The fourth-order valence-electron chi connectivity index (χ4n) is 3.40. The third-order valence-electron chi connectivity index (χ3n) is 5.24. The lowest BCUT2D eigenvalue weighted by Crippen LogP contribution is -2.47. The number of amides is 1. The highest BCUT2D eigenvalue weighted by Crippen LogP contribution is 2.17. The quantitative estimate of drug-likeness (QED) is 0.462. The van der Waals surface area contributed by atoms with Crippen molar-refractivity contribution < 1.29 is 14.3 Å². The number of hydrogen-bond acceptors (Lipinski definition) is 4. The van der Waals surface area contributed by atoms with Crippen LogP contribution in [0.4, 0.5) is 0 Å². The van der Waals surface area contributed by atoms with Crippen molar-refractivity contribution in [1.82, 2.24) is 9.80 Å². The molecule has 2 rings (SSSR count). The second-order valence-electron chi connectivity index (χ2n) is 7.60. The molecular weight excluding hydrogens is 340 g/mol. The summed E-state index contributed by atoms with van der Waals surface area (Å²) < 4.78 is 5.67. The Morgan fingerprint density at radius 3 is 2.56 bits per heavy atom. The van der Waals surface area contributed by atoms with Crippen LogP contribution in [0.2, 0.25) is 0 Å². The Labute approximate surface area is 163 Å². The minimum atomic E-state index is 0.0158. The smallest absolute Gasteiger partial charge is 0.223 e. The van der Waals surface area contributed by atoms with Crippen LogP contribution in [-0.4, -0.2) is 61.3 Å². The highest BCUT2D eigenvalue weighted by atomic mass is 16.5. The van der Waals surface area contributed by atoms with Crippen LogP contribution >= 0.6 is 0 Å². The van der Waals surface area contributed by atoms with Crippen LogP contribution in [0.3, 0.4) is 0 Å². The number of benzene rings is 1.